The number of hydrogen-bond donors (Lipinski definition) is 1. The summed E-state index contributed by atoms with van der Waals surface area (Å²) in [5.41, 5.74) is 0.00758. The van der Waals surface area contributed by atoms with E-state index in [4.69, 9.17) is 4.74 Å². The highest BCUT2D eigenvalue weighted by atomic mass is 16.5. The molecule has 0 radical (unpaired) electrons. The molecular weight excluding hydrogens is 204 g/mol. The average Bonchev–Trinajstić information content (AvgIpc) is 2.80. The Morgan fingerprint density at radius 2 is 2.31 bits per heavy atom. The van der Waals surface area contributed by atoms with Crippen molar-refractivity contribution in [3.8, 4) is 0 Å². The van der Waals surface area contributed by atoms with E-state index in [1.807, 2.05) is 18.5 Å². The van der Waals surface area contributed by atoms with Gasteiger partial charge in [0.2, 0.25) is 0 Å². The maximum absolute atomic E-state index is 5.71. The quantitative estimate of drug-likeness (QED) is 0.821. The summed E-state index contributed by atoms with van der Waals surface area (Å²) in [7, 11) is 1.99. The maximum atomic E-state index is 5.71. The Bertz CT molecular complexity index is 355. The van der Waals surface area contributed by atoms with Crippen molar-refractivity contribution in [2.24, 2.45) is 7.05 Å². The highest BCUT2D eigenvalue weighted by Crippen LogP contribution is 2.23. The third-order valence-electron chi connectivity index (χ3n) is 3.27. The SMILES string of the molecule is Cc1nnc(CNCC2(C)CCCO2)n1C. The molecule has 1 aromatic rings. The lowest BCUT2D eigenvalue weighted by atomic mass is 10.0. The summed E-state index contributed by atoms with van der Waals surface area (Å²) in [5.74, 6) is 1.92. The number of nitrogens with zero attached hydrogens (tertiary/aromatic N) is 3. The molecule has 16 heavy (non-hydrogen) atoms. The van der Waals surface area contributed by atoms with Crippen LogP contribution in [0.3, 0.4) is 0 Å². The molecule has 1 atom stereocenters. The molecule has 0 aromatic carbocycles. The molecule has 90 valence electrons. The summed E-state index contributed by atoms with van der Waals surface area (Å²) in [6.07, 6.45) is 2.30. The Hall–Kier alpha value is -0.940. The van der Waals surface area contributed by atoms with Crippen molar-refractivity contribution in [2.45, 2.75) is 38.8 Å². The third-order valence-corrected chi connectivity index (χ3v) is 3.27. The van der Waals surface area contributed by atoms with E-state index in [1.165, 1.54) is 6.42 Å². The minimum absolute atomic E-state index is 0.00758. The van der Waals surface area contributed by atoms with E-state index in [2.05, 4.69) is 22.4 Å². The molecule has 1 fully saturated rings. The van der Waals surface area contributed by atoms with Crippen LogP contribution >= 0.6 is 0 Å². The van der Waals surface area contributed by atoms with Crippen molar-refractivity contribution >= 4 is 0 Å². The van der Waals surface area contributed by atoms with Crippen LogP contribution < -0.4 is 5.32 Å². The van der Waals surface area contributed by atoms with Gasteiger partial charge in [-0.3, -0.25) is 0 Å². The van der Waals surface area contributed by atoms with E-state index in [9.17, 15) is 0 Å². The maximum Gasteiger partial charge on any atom is 0.146 e. The molecule has 0 saturated carbocycles. The van der Waals surface area contributed by atoms with Crippen LogP contribution in [0.15, 0.2) is 0 Å². The monoisotopic (exact) mass is 224 g/mol. The average molecular weight is 224 g/mol. The molecule has 0 amide bonds. The van der Waals surface area contributed by atoms with Crippen LogP contribution in [0.4, 0.5) is 0 Å². The first kappa shape index (κ1) is 11.5. The first-order chi connectivity index (χ1) is 7.61. The summed E-state index contributed by atoms with van der Waals surface area (Å²) in [6, 6.07) is 0. The van der Waals surface area contributed by atoms with Crippen LogP contribution in [-0.4, -0.2) is 33.5 Å². The molecule has 0 aliphatic carbocycles. The number of rotatable bonds is 4. The van der Waals surface area contributed by atoms with Crippen molar-refractivity contribution in [3.05, 3.63) is 11.6 Å². The zero-order valence-electron chi connectivity index (χ0n) is 10.3. The Balaban J connectivity index is 1.82. The minimum Gasteiger partial charge on any atom is -0.374 e. The van der Waals surface area contributed by atoms with Gasteiger partial charge in [-0.15, -0.1) is 10.2 Å². The topological polar surface area (TPSA) is 52.0 Å². The van der Waals surface area contributed by atoms with Gasteiger partial charge in [0.1, 0.15) is 11.6 Å². The summed E-state index contributed by atoms with van der Waals surface area (Å²) in [4.78, 5) is 0. The van der Waals surface area contributed by atoms with Gasteiger partial charge in [-0.1, -0.05) is 0 Å². The van der Waals surface area contributed by atoms with E-state index in [1.54, 1.807) is 0 Å². The molecule has 1 aliphatic rings. The van der Waals surface area contributed by atoms with Crippen molar-refractivity contribution in [2.75, 3.05) is 13.2 Å². The van der Waals surface area contributed by atoms with Crippen molar-refractivity contribution in [1.82, 2.24) is 20.1 Å². The fourth-order valence-corrected chi connectivity index (χ4v) is 2.02. The summed E-state index contributed by atoms with van der Waals surface area (Å²) in [5, 5.41) is 11.5. The Morgan fingerprint density at radius 1 is 1.50 bits per heavy atom. The Morgan fingerprint density at radius 3 is 2.88 bits per heavy atom. The number of nitrogens with one attached hydrogen (secondary N) is 1. The summed E-state index contributed by atoms with van der Waals surface area (Å²) in [6.45, 7) is 6.63. The van der Waals surface area contributed by atoms with E-state index >= 15 is 0 Å². The molecule has 1 N–H and O–H groups in total. The fraction of sp³-hybridized carbons (Fsp3) is 0.818. The molecule has 0 bridgehead atoms. The predicted octanol–water partition coefficient (Wildman–Crippen LogP) is 0.782. The van der Waals surface area contributed by atoms with Crippen LogP contribution in [0.5, 0.6) is 0 Å². The van der Waals surface area contributed by atoms with E-state index in [0.717, 1.165) is 37.8 Å². The van der Waals surface area contributed by atoms with Gasteiger partial charge < -0.3 is 14.6 Å². The Labute approximate surface area is 96.2 Å². The van der Waals surface area contributed by atoms with Crippen molar-refractivity contribution in [1.29, 1.82) is 0 Å². The molecule has 0 spiro atoms. The first-order valence-corrected chi connectivity index (χ1v) is 5.80. The molecule has 1 aliphatic heterocycles. The number of aromatic nitrogens is 3. The van der Waals surface area contributed by atoms with Crippen LogP contribution in [0.1, 0.15) is 31.4 Å². The third kappa shape index (κ3) is 2.41. The smallest absolute Gasteiger partial charge is 0.146 e. The largest absolute Gasteiger partial charge is 0.374 e. The number of aryl methyl sites for hydroxylation is 1. The minimum atomic E-state index is 0.00758. The van der Waals surface area contributed by atoms with E-state index < -0.39 is 0 Å². The Kier molecular flexibility index (Phi) is 3.25. The highest BCUT2D eigenvalue weighted by molar-refractivity contribution is 4.92. The summed E-state index contributed by atoms with van der Waals surface area (Å²) >= 11 is 0. The fourth-order valence-electron chi connectivity index (χ4n) is 2.02. The van der Waals surface area contributed by atoms with Crippen molar-refractivity contribution in [3.63, 3.8) is 0 Å². The second-order valence-corrected chi connectivity index (χ2v) is 4.73. The van der Waals surface area contributed by atoms with Gasteiger partial charge in [-0.25, -0.2) is 0 Å². The lowest BCUT2D eigenvalue weighted by molar-refractivity contribution is 0.0205. The highest BCUT2D eigenvalue weighted by Gasteiger charge is 2.29. The first-order valence-electron chi connectivity index (χ1n) is 5.80. The zero-order valence-corrected chi connectivity index (χ0v) is 10.3. The standard InChI is InChI=1S/C11H20N4O/c1-9-13-14-10(15(9)3)7-12-8-11(2)5-4-6-16-11/h12H,4-8H2,1-3H3. The van der Waals surface area contributed by atoms with Crippen LogP contribution in [0.25, 0.3) is 0 Å². The van der Waals surface area contributed by atoms with Gasteiger partial charge in [0, 0.05) is 20.2 Å². The molecule has 2 rings (SSSR count). The molecule has 2 heterocycles. The van der Waals surface area contributed by atoms with E-state index in [-0.39, 0.29) is 5.60 Å². The van der Waals surface area contributed by atoms with Gasteiger partial charge in [0.25, 0.3) is 0 Å². The molecule has 1 unspecified atom stereocenters. The van der Waals surface area contributed by atoms with E-state index in [0.29, 0.717) is 0 Å². The molecular formula is C11H20N4O. The lowest BCUT2D eigenvalue weighted by Crippen LogP contribution is -2.37. The molecule has 1 saturated heterocycles. The number of hydrogen-bond acceptors (Lipinski definition) is 4. The van der Waals surface area contributed by atoms with Gasteiger partial charge >= 0.3 is 0 Å². The van der Waals surface area contributed by atoms with Gasteiger partial charge in [-0.2, -0.15) is 0 Å². The van der Waals surface area contributed by atoms with Crippen LogP contribution in [0.2, 0.25) is 0 Å². The molecule has 5 nitrogen and oxygen atoms in total. The lowest BCUT2D eigenvalue weighted by Gasteiger charge is -2.23. The van der Waals surface area contributed by atoms with Gasteiger partial charge in [0.15, 0.2) is 0 Å². The number of ether oxygens (including phenoxy) is 1. The van der Waals surface area contributed by atoms with Crippen LogP contribution in [-0.2, 0) is 18.3 Å². The summed E-state index contributed by atoms with van der Waals surface area (Å²) < 4.78 is 7.71. The second-order valence-electron chi connectivity index (χ2n) is 4.73. The van der Waals surface area contributed by atoms with Gasteiger partial charge in [0.05, 0.1) is 12.1 Å². The normalized spacial score (nSPS) is 25.2. The van der Waals surface area contributed by atoms with Crippen molar-refractivity contribution < 1.29 is 4.74 Å². The molecule has 5 heteroatoms. The zero-order chi connectivity index (χ0) is 11.6. The molecule has 1 aromatic heterocycles. The van der Waals surface area contributed by atoms with Gasteiger partial charge in [-0.05, 0) is 26.7 Å². The second kappa shape index (κ2) is 4.51. The van der Waals surface area contributed by atoms with Crippen LogP contribution in [0, 0.1) is 6.92 Å². The predicted molar refractivity (Wildman–Crippen MR) is 61.0 cm³/mol.